The van der Waals surface area contributed by atoms with Crippen molar-refractivity contribution in [1.82, 2.24) is 15.0 Å². The molecule has 30 heavy (non-hydrogen) atoms. The number of fused-ring (bicyclic) bond motifs is 1. The normalized spacial score (nSPS) is 15.8. The Bertz CT molecular complexity index is 1070. The molecule has 1 aliphatic rings. The van der Waals surface area contributed by atoms with Gasteiger partial charge < -0.3 is 14.8 Å². The van der Waals surface area contributed by atoms with Crippen molar-refractivity contribution in [1.29, 1.82) is 0 Å². The molecule has 5 nitrogen and oxygen atoms in total. The molecule has 1 aliphatic heterocycles. The fourth-order valence-corrected chi connectivity index (χ4v) is 3.95. The third-order valence-corrected chi connectivity index (χ3v) is 5.49. The van der Waals surface area contributed by atoms with Crippen molar-refractivity contribution in [2.45, 2.75) is 12.4 Å². The lowest BCUT2D eigenvalue weighted by Crippen LogP contribution is -2.47. The quantitative estimate of drug-likeness (QED) is 0.505. The molecule has 2 aromatic heterocycles. The SMILES string of the molecule is FC(F)(F)c1cc2nc(N3CCN(c4ncccc4C(F)(F)F)CC3)[nH]c2cc1Br. The number of anilines is 2. The van der Waals surface area contributed by atoms with Gasteiger partial charge in [0.25, 0.3) is 0 Å². The zero-order valence-corrected chi connectivity index (χ0v) is 16.7. The van der Waals surface area contributed by atoms with E-state index in [2.05, 4.69) is 30.9 Å². The van der Waals surface area contributed by atoms with Crippen molar-refractivity contribution in [3.63, 3.8) is 0 Å². The molecule has 1 saturated heterocycles. The van der Waals surface area contributed by atoms with Crippen LogP contribution in [0.2, 0.25) is 0 Å². The number of nitrogens with zero attached hydrogens (tertiary/aromatic N) is 4. The Balaban J connectivity index is 1.55. The molecule has 160 valence electrons. The Morgan fingerprint density at radius 1 is 0.900 bits per heavy atom. The largest absolute Gasteiger partial charge is 0.419 e. The molecule has 0 unspecified atom stereocenters. The fourth-order valence-electron chi connectivity index (χ4n) is 3.38. The molecule has 0 amide bonds. The predicted octanol–water partition coefficient (Wildman–Crippen LogP) is 5.08. The van der Waals surface area contributed by atoms with E-state index in [4.69, 9.17) is 0 Å². The second-order valence-corrected chi connectivity index (χ2v) is 7.61. The van der Waals surface area contributed by atoms with Gasteiger partial charge in [-0.05, 0) is 24.3 Å². The predicted molar refractivity (Wildman–Crippen MR) is 102 cm³/mol. The second-order valence-electron chi connectivity index (χ2n) is 6.75. The van der Waals surface area contributed by atoms with Crippen LogP contribution in [0.15, 0.2) is 34.9 Å². The first-order valence-electron chi connectivity index (χ1n) is 8.82. The van der Waals surface area contributed by atoms with Crippen LogP contribution in [-0.4, -0.2) is 41.1 Å². The van der Waals surface area contributed by atoms with Crippen LogP contribution < -0.4 is 9.80 Å². The number of benzene rings is 1. The Labute approximate surface area is 174 Å². The van der Waals surface area contributed by atoms with Gasteiger partial charge in [-0.3, -0.25) is 0 Å². The number of hydrogen-bond acceptors (Lipinski definition) is 4. The van der Waals surface area contributed by atoms with E-state index in [9.17, 15) is 26.3 Å². The maximum absolute atomic E-state index is 13.2. The molecule has 1 aromatic carbocycles. The number of aromatic amines is 1. The molecule has 0 radical (unpaired) electrons. The Morgan fingerprint density at radius 3 is 2.17 bits per heavy atom. The van der Waals surface area contributed by atoms with Crippen LogP contribution in [-0.2, 0) is 12.4 Å². The number of nitrogens with one attached hydrogen (secondary N) is 1. The van der Waals surface area contributed by atoms with E-state index < -0.39 is 23.5 Å². The van der Waals surface area contributed by atoms with Gasteiger partial charge in [-0.15, -0.1) is 0 Å². The third-order valence-electron chi connectivity index (χ3n) is 4.83. The summed E-state index contributed by atoms with van der Waals surface area (Å²) in [6, 6.07) is 4.50. The van der Waals surface area contributed by atoms with Crippen molar-refractivity contribution in [2.75, 3.05) is 36.0 Å². The summed E-state index contributed by atoms with van der Waals surface area (Å²) < 4.78 is 78.9. The van der Waals surface area contributed by atoms with Gasteiger partial charge in [-0.2, -0.15) is 26.3 Å². The fraction of sp³-hybridized carbons (Fsp3) is 0.333. The lowest BCUT2D eigenvalue weighted by atomic mass is 10.2. The van der Waals surface area contributed by atoms with E-state index in [-0.39, 0.29) is 28.9 Å². The summed E-state index contributed by atoms with van der Waals surface area (Å²) in [6.45, 7) is 1.19. The number of imidazole rings is 1. The minimum atomic E-state index is -4.52. The van der Waals surface area contributed by atoms with E-state index >= 15 is 0 Å². The molecular formula is C18H14BrF6N5. The number of rotatable bonds is 2. The Hall–Kier alpha value is -2.50. The van der Waals surface area contributed by atoms with Crippen molar-refractivity contribution < 1.29 is 26.3 Å². The van der Waals surface area contributed by atoms with Crippen LogP contribution in [0, 0.1) is 0 Å². The molecule has 0 atom stereocenters. The number of halogens is 7. The molecule has 0 saturated carbocycles. The van der Waals surface area contributed by atoms with E-state index in [0.717, 1.165) is 12.1 Å². The zero-order chi connectivity index (χ0) is 21.7. The number of aromatic nitrogens is 3. The third kappa shape index (κ3) is 3.92. The monoisotopic (exact) mass is 493 g/mol. The summed E-state index contributed by atoms with van der Waals surface area (Å²) in [5, 5.41) is 0. The highest BCUT2D eigenvalue weighted by molar-refractivity contribution is 9.10. The zero-order valence-electron chi connectivity index (χ0n) is 15.1. The number of alkyl halides is 6. The van der Waals surface area contributed by atoms with Gasteiger partial charge in [0.05, 0.1) is 22.2 Å². The van der Waals surface area contributed by atoms with E-state index in [1.54, 1.807) is 9.80 Å². The molecule has 3 aromatic rings. The standard InChI is InChI=1S/C18H14BrF6N5/c19-12-9-14-13(8-11(12)18(23,24)25)27-16(28-14)30-6-4-29(5-7-30)15-10(17(20,21)22)2-1-3-26-15/h1-3,8-9H,4-7H2,(H,27,28). The van der Waals surface area contributed by atoms with Gasteiger partial charge in [0.1, 0.15) is 5.82 Å². The first-order chi connectivity index (χ1) is 14.0. The minimum Gasteiger partial charge on any atom is -0.353 e. The summed E-state index contributed by atoms with van der Waals surface area (Å²) in [6.07, 6.45) is -7.72. The van der Waals surface area contributed by atoms with Gasteiger partial charge in [0.2, 0.25) is 5.95 Å². The van der Waals surface area contributed by atoms with Crippen LogP contribution in [0.25, 0.3) is 11.0 Å². The molecule has 0 bridgehead atoms. The van der Waals surface area contributed by atoms with E-state index in [0.29, 0.717) is 24.6 Å². The molecule has 4 rings (SSSR count). The average Bonchev–Trinajstić information content (AvgIpc) is 3.09. The highest BCUT2D eigenvalue weighted by atomic mass is 79.9. The smallest absolute Gasteiger partial charge is 0.353 e. The molecule has 0 spiro atoms. The van der Waals surface area contributed by atoms with Crippen LogP contribution >= 0.6 is 15.9 Å². The first kappa shape index (κ1) is 20.8. The molecule has 0 aliphatic carbocycles. The number of pyridine rings is 1. The topological polar surface area (TPSA) is 48.1 Å². The minimum absolute atomic E-state index is 0.0997. The number of hydrogen-bond donors (Lipinski definition) is 1. The Morgan fingerprint density at radius 2 is 1.53 bits per heavy atom. The summed E-state index contributed by atoms with van der Waals surface area (Å²) >= 11 is 2.93. The number of H-pyrrole nitrogens is 1. The van der Waals surface area contributed by atoms with Gasteiger partial charge in [-0.25, -0.2) is 9.97 Å². The first-order valence-corrected chi connectivity index (χ1v) is 9.62. The van der Waals surface area contributed by atoms with Crippen molar-refractivity contribution in [2.24, 2.45) is 0 Å². The summed E-state index contributed by atoms with van der Waals surface area (Å²) in [7, 11) is 0. The molecule has 1 N–H and O–H groups in total. The molecule has 12 heteroatoms. The van der Waals surface area contributed by atoms with Crippen LogP contribution in [0.4, 0.5) is 38.1 Å². The second kappa shape index (κ2) is 7.33. The van der Waals surface area contributed by atoms with Gasteiger partial charge in [0, 0.05) is 36.8 Å². The van der Waals surface area contributed by atoms with Crippen molar-refractivity contribution in [3.05, 3.63) is 46.1 Å². The maximum atomic E-state index is 13.2. The van der Waals surface area contributed by atoms with Gasteiger partial charge >= 0.3 is 12.4 Å². The summed E-state index contributed by atoms with van der Waals surface area (Å²) in [4.78, 5) is 14.4. The lowest BCUT2D eigenvalue weighted by molar-refractivity contribution is -0.138. The van der Waals surface area contributed by atoms with E-state index in [1.165, 1.54) is 18.3 Å². The van der Waals surface area contributed by atoms with Crippen molar-refractivity contribution >= 4 is 38.7 Å². The average molecular weight is 494 g/mol. The molecule has 1 fully saturated rings. The van der Waals surface area contributed by atoms with Crippen LogP contribution in [0.5, 0.6) is 0 Å². The Kier molecular flexibility index (Phi) is 5.07. The van der Waals surface area contributed by atoms with Gasteiger partial charge in [0.15, 0.2) is 0 Å². The maximum Gasteiger partial charge on any atom is 0.419 e. The highest BCUT2D eigenvalue weighted by Crippen LogP contribution is 2.38. The molecule has 3 heterocycles. The molecular weight excluding hydrogens is 480 g/mol. The lowest BCUT2D eigenvalue weighted by Gasteiger charge is -2.36. The summed E-state index contributed by atoms with van der Waals surface area (Å²) in [5.41, 5.74) is -1.04. The highest BCUT2D eigenvalue weighted by Gasteiger charge is 2.37. The van der Waals surface area contributed by atoms with Gasteiger partial charge in [-0.1, -0.05) is 15.9 Å². The van der Waals surface area contributed by atoms with Crippen LogP contribution in [0.3, 0.4) is 0 Å². The van der Waals surface area contributed by atoms with E-state index in [1.807, 2.05) is 0 Å². The van der Waals surface area contributed by atoms with Crippen LogP contribution in [0.1, 0.15) is 11.1 Å². The number of piperazine rings is 1. The summed E-state index contributed by atoms with van der Waals surface area (Å²) in [5.74, 6) is 0.237. The van der Waals surface area contributed by atoms with Crippen molar-refractivity contribution in [3.8, 4) is 0 Å².